The van der Waals surface area contributed by atoms with Crippen molar-refractivity contribution in [1.82, 2.24) is 4.40 Å². The summed E-state index contributed by atoms with van der Waals surface area (Å²) in [5, 5.41) is 2.93. The monoisotopic (exact) mass is 441 g/mol. The van der Waals surface area contributed by atoms with E-state index in [1.54, 1.807) is 19.2 Å². The third-order valence-corrected chi connectivity index (χ3v) is 6.12. The third kappa shape index (κ3) is 3.55. The number of esters is 1. The summed E-state index contributed by atoms with van der Waals surface area (Å²) >= 11 is 1.50. The summed E-state index contributed by atoms with van der Waals surface area (Å²) in [7, 11) is 0. The quantitative estimate of drug-likeness (QED) is 0.307. The predicted octanol–water partition coefficient (Wildman–Crippen LogP) is 6.15. The number of nitrogens with zero attached hydrogens (tertiary/aromatic N) is 1. The van der Waals surface area contributed by atoms with Gasteiger partial charge in [-0.1, -0.05) is 30.3 Å². The lowest BCUT2D eigenvalue weighted by Gasteiger charge is -2.12. The predicted molar refractivity (Wildman–Crippen MR) is 127 cm³/mol. The second kappa shape index (κ2) is 8.32. The van der Waals surface area contributed by atoms with Crippen LogP contribution in [0.1, 0.15) is 17.3 Å². The Labute approximate surface area is 188 Å². The van der Waals surface area contributed by atoms with E-state index in [-0.39, 0.29) is 12.2 Å². The molecule has 0 bridgehead atoms. The van der Waals surface area contributed by atoms with Crippen LogP contribution < -0.4 is 10.3 Å². The molecule has 0 radical (unpaired) electrons. The first-order valence-corrected chi connectivity index (χ1v) is 11.1. The van der Waals surface area contributed by atoms with Crippen LogP contribution in [0.2, 0.25) is 0 Å². The summed E-state index contributed by atoms with van der Waals surface area (Å²) in [6.45, 7) is 2.02. The molecule has 0 atom stereocenters. The van der Waals surface area contributed by atoms with Crippen molar-refractivity contribution in [2.45, 2.75) is 6.92 Å². The van der Waals surface area contributed by atoms with Gasteiger partial charge in [-0.05, 0) is 65.7 Å². The van der Waals surface area contributed by atoms with Gasteiger partial charge in [0.15, 0.2) is 0 Å². The van der Waals surface area contributed by atoms with E-state index in [1.165, 1.54) is 15.7 Å². The minimum atomic E-state index is -0.448. The van der Waals surface area contributed by atoms with Crippen molar-refractivity contribution in [2.24, 2.45) is 0 Å². The van der Waals surface area contributed by atoms with Crippen LogP contribution in [0.15, 0.2) is 89.2 Å². The van der Waals surface area contributed by atoms with Crippen molar-refractivity contribution in [3.63, 3.8) is 0 Å². The molecule has 0 N–H and O–H groups in total. The van der Waals surface area contributed by atoms with Crippen molar-refractivity contribution in [3.05, 3.63) is 100 Å². The average Bonchev–Trinajstić information content (AvgIpc) is 3.30. The van der Waals surface area contributed by atoms with Crippen molar-refractivity contribution < 1.29 is 14.3 Å². The molecule has 5 rings (SSSR count). The Morgan fingerprint density at radius 1 is 0.969 bits per heavy atom. The highest BCUT2D eigenvalue weighted by molar-refractivity contribution is 7.18. The summed E-state index contributed by atoms with van der Waals surface area (Å²) in [6, 6.07) is 22.2. The number of pyridine rings is 2. The molecular weight excluding hydrogens is 422 g/mol. The molecule has 0 fully saturated rings. The van der Waals surface area contributed by atoms with Crippen molar-refractivity contribution in [3.8, 4) is 22.6 Å². The highest BCUT2D eigenvalue weighted by Gasteiger charge is 2.20. The zero-order valence-electron chi connectivity index (χ0n) is 17.3. The van der Waals surface area contributed by atoms with E-state index in [1.807, 2.05) is 72.1 Å². The van der Waals surface area contributed by atoms with Gasteiger partial charge in [-0.25, -0.2) is 4.79 Å². The molecule has 0 aliphatic rings. The number of ether oxygens (including phenoxy) is 2. The summed E-state index contributed by atoms with van der Waals surface area (Å²) in [6.07, 6.45) is 1.71. The number of carbonyl (C=O) groups is 1. The van der Waals surface area contributed by atoms with E-state index in [4.69, 9.17) is 9.47 Å². The molecule has 0 saturated heterocycles. The third-order valence-electron chi connectivity index (χ3n) is 5.19. The molecule has 0 unspecified atom stereocenters. The first-order chi connectivity index (χ1) is 15.7. The second-order valence-corrected chi connectivity index (χ2v) is 8.09. The molecule has 0 aliphatic carbocycles. The maximum absolute atomic E-state index is 13.4. The van der Waals surface area contributed by atoms with Crippen LogP contribution >= 0.6 is 11.3 Å². The molecule has 6 heteroatoms. The van der Waals surface area contributed by atoms with Crippen LogP contribution in [0.25, 0.3) is 26.7 Å². The number of aromatic nitrogens is 1. The fraction of sp³-hybridized carbons (Fsp3) is 0.0769. The molecule has 0 amide bonds. The van der Waals surface area contributed by atoms with Gasteiger partial charge in [0.2, 0.25) is 0 Å². The number of para-hydroxylation sites is 1. The minimum Gasteiger partial charge on any atom is -0.462 e. The maximum Gasteiger partial charge on any atom is 0.340 e. The van der Waals surface area contributed by atoms with E-state index in [9.17, 15) is 9.59 Å². The van der Waals surface area contributed by atoms with Crippen molar-refractivity contribution >= 4 is 32.9 Å². The normalized spacial score (nSPS) is 11.0. The SMILES string of the molecule is CCOC(=O)c1cc(-c2ccc(Oc3ccccc3)cc2)c(=O)n2ccc3ccsc3c12. The molecule has 3 aromatic heterocycles. The van der Waals surface area contributed by atoms with E-state index < -0.39 is 5.97 Å². The Balaban J connectivity index is 1.64. The molecule has 0 aliphatic heterocycles. The van der Waals surface area contributed by atoms with Gasteiger partial charge in [0, 0.05) is 11.8 Å². The van der Waals surface area contributed by atoms with Gasteiger partial charge in [-0.2, -0.15) is 0 Å². The van der Waals surface area contributed by atoms with Gasteiger partial charge in [0.05, 0.1) is 22.4 Å². The molecule has 32 heavy (non-hydrogen) atoms. The fourth-order valence-corrected chi connectivity index (χ4v) is 4.65. The Kier molecular flexibility index (Phi) is 5.21. The van der Waals surface area contributed by atoms with Gasteiger partial charge in [-0.15, -0.1) is 11.3 Å². The number of benzene rings is 2. The van der Waals surface area contributed by atoms with Crippen LogP contribution in [-0.2, 0) is 4.74 Å². The standard InChI is InChI=1S/C26H19NO4S/c1-2-30-26(29)22-16-21(25(28)27-14-12-18-13-15-32-24(18)23(22)27)17-8-10-20(11-9-17)31-19-6-4-3-5-7-19/h3-16H,2H2,1H3. The Hall–Kier alpha value is -3.90. The molecule has 0 spiro atoms. The van der Waals surface area contributed by atoms with Crippen LogP contribution in [0, 0.1) is 0 Å². The number of hydrogen-bond acceptors (Lipinski definition) is 5. The highest BCUT2D eigenvalue weighted by atomic mass is 32.1. The average molecular weight is 442 g/mol. The second-order valence-electron chi connectivity index (χ2n) is 7.18. The lowest BCUT2D eigenvalue weighted by Crippen LogP contribution is -2.19. The summed E-state index contributed by atoms with van der Waals surface area (Å²) in [5.41, 5.74) is 1.88. The lowest BCUT2D eigenvalue weighted by atomic mass is 10.0. The van der Waals surface area contributed by atoms with Crippen molar-refractivity contribution in [2.75, 3.05) is 6.61 Å². The van der Waals surface area contributed by atoms with Gasteiger partial charge >= 0.3 is 5.97 Å². The van der Waals surface area contributed by atoms with Gasteiger partial charge < -0.3 is 9.47 Å². The molecule has 3 heterocycles. The van der Waals surface area contributed by atoms with Gasteiger partial charge in [0.25, 0.3) is 5.56 Å². The molecule has 5 nitrogen and oxygen atoms in total. The topological polar surface area (TPSA) is 57.0 Å². The highest BCUT2D eigenvalue weighted by Crippen LogP contribution is 2.30. The molecule has 5 aromatic rings. The van der Waals surface area contributed by atoms with Gasteiger partial charge in [0.1, 0.15) is 11.5 Å². The number of rotatable bonds is 5. The van der Waals surface area contributed by atoms with Crippen molar-refractivity contribution in [1.29, 1.82) is 0 Å². The number of hydrogen-bond donors (Lipinski definition) is 0. The maximum atomic E-state index is 13.4. The van der Waals surface area contributed by atoms with Crippen LogP contribution in [0.4, 0.5) is 0 Å². The van der Waals surface area contributed by atoms with E-state index in [0.717, 1.165) is 15.8 Å². The lowest BCUT2D eigenvalue weighted by molar-refractivity contribution is 0.0528. The largest absolute Gasteiger partial charge is 0.462 e. The molecule has 0 saturated carbocycles. The number of fused-ring (bicyclic) bond motifs is 3. The van der Waals surface area contributed by atoms with Gasteiger partial charge in [-0.3, -0.25) is 9.20 Å². The Morgan fingerprint density at radius 2 is 1.72 bits per heavy atom. The van der Waals surface area contributed by atoms with E-state index in [2.05, 4.69) is 0 Å². The zero-order valence-corrected chi connectivity index (χ0v) is 18.1. The Morgan fingerprint density at radius 3 is 2.47 bits per heavy atom. The first kappa shape index (κ1) is 20.0. The smallest absolute Gasteiger partial charge is 0.340 e. The number of thiophene rings is 1. The van der Waals surface area contributed by atoms with Crippen LogP contribution in [-0.4, -0.2) is 17.0 Å². The summed E-state index contributed by atoms with van der Waals surface area (Å²) in [5.74, 6) is 0.943. The van der Waals surface area contributed by atoms with E-state index >= 15 is 0 Å². The van der Waals surface area contributed by atoms with Crippen LogP contribution in [0.5, 0.6) is 11.5 Å². The Bertz CT molecular complexity index is 1480. The summed E-state index contributed by atoms with van der Waals surface area (Å²) in [4.78, 5) is 26.2. The molecule has 2 aromatic carbocycles. The number of carbonyl (C=O) groups excluding carboxylic acids is 1. The molecular formula is C26H19NO4S. The molecule has 158 valence electrons. The van der Waals surface area contributed by atoms with E-state index in [0.29, 0.717) is 28.0 Å². The summed E-state index contributed by atoms with van der Waals surface area (Å²) < 4.78 is 13.6. The fourth-order valence-electron chi connectivity index (χ4n) is 3.71. The first-order valence-electron chi connectivity index (χ1n) is 10.2. The zero-order chi connectivity index (χ0) is 22.1. The van der Waals surface area contributed by atoms with Crippen LogP contribution in [0.3, 0.4) is 0 Å². The minimum absolute atomic E-state index is 0.194.